The molecular formula is C18H21N3O6. The second-order valence-electron chi connectivity index (χ2n) is 6.99. The number of carbonyl (C=O) groups excluding carboxylic acids is 3. The molecule has 0 radical (unpaired) electrons. The number of fused-ring (bicyclic) bond motifs is 3. The molecule has 2 heterocycles. The second-order valence-corrected chi connectivity index (χ2v) is 6.99. The Morgan fingerprint density at radius 1 is 1.33 bits per heavy atom. The van der Waals surface area contributed by atoms with E-state index in [1.165, 1.54) is 26.1 Å². The minimum Gasteiger partial charge on any atom is -0.492 e. The third kappa shape index (κ3) is 2.08. The van der Waals surface area contributed by atoms with E-state index in [2.05, 4.69) is 5.32 Å². The Kier molecular flexibility index (Phi) is 3.72. The molecule has 144 valence electrons. The highest BCUT2D eigenvalue weighted by molar-refractivity contribution is 6.13. The zero-order valence-corrected chi connectivity index (χ0v) is 15.6. The van der Waals surface area contributed by atoms with E-state index in [1.54, 1.807) is 7.05 Å². The van der Waals surface area contributed by atoms with Gasteiger partial charge >= 0.3 is 6.03 Å². The summed E-state index contributed by atoms with van der Waals surface area (Å²) in [6.45, 7) is 0.0820. The number of nitrogens with zero attached hydrogens (tertiary/aromatic N) is 2. The SMILES string of the molecule is CNC(=O)[C@@]12Cc3c(cc4c(c3OC)OCO4)C[C@H]1N(C)C(=O)N(C)C2=O. The summed E-state index contributed by atoms with van der Waals surface area (Å²) in [6.07, 6.45) is 0.435. The summed E-state index contributed by atoms with van der Waals surface area (Å²) in [6, 6.07) is 0.807. The lowest BCUT2D eigenvalue weighted by Gasteiger charge is -2.51. The summed E-state index contributed by atoms with van der Waals surface area (Å²) in [5.74, 6) is 0.570. The number of hydrogen-bond donors (Lipinski definition) is 1. The lowest BCUT2D eigenvalue weighted by atomic mass is 9.64. The molecule has 9 nitrogen and oxygen atoms in total. The molecule has 1 fully saturated rings. The number of methoxy groups -OCH3 is 1. The number of nitrogens with one attached hydrogen (secondary N) is 1. The van der Waals surface area contributed by atoms with Gasteiger partial charge in [0.15, 0.2) is 16.9 Å². The molecular weight excluding hydrogens is 354 g/mol. The van der Waals surface area contributed by atoms with Gasteiger partial charge in [-0.05, 0) is 18.1 Å². The maximum atomic E-state index is 13.2. The number of carbonyl (C=O) groups is 3. The predicted octanol–water partition coefficient (Wildman–Crippen LogP) is 0.147. The number of amides is 4. The van der Waals surface area contributed by atoms with Crippen molar-refractivity contribution in [3.05, 3.63) is 17.2 Å². The summed E-state index contributed by atoms with van der Waals surface area (Å²) < 4.78 is 16.6. The van der Waals surface area contributed by atoms with Crippen molar-refractivity contribution in [2.24, 2.45) is 5.41 Å². The van der Waals surface area contributed by atoms with Crippen LogP contribution in [0.2, 0.25) is 0 Å². The Hall–Kier alpha value is -2.97. The van der Waals surface area contributed by atoms with Gasteiger partial charge in [0.05, 0.1) is 13.2 Å². The average Bonchev–Trinajstić information content (AvgIpc) is 3.15. The zero-order valence-electron chi connectivity index (χ0n) is 15.6. The molecule has 4 rings (SSSR count). The van der Waals surface area contributed by atoms with Gasteiger partial charge in [-0.1, -0.05) is 0 Å². The normalized spacial score (nSPS) is 25.9. The molecule has 0 spiro atoms. The van der Waals surface area contributed by atoms with Crippen LogP contribution < -0.4 is 19.5 Å². The third-order valence-electron chi connectivity index (χ3n) is 5.83. The van der Waals surface area contributed by atoms with Gasteiger partial charge in [-0.3, -0.25) is 14.5 Å². The van der Waals surface area contributed by atoms with Crippen molar-refractivity contribution in [3.8, 4) is 17.2 Å². The van der Waals surface area contributed by atoms with Gasteiger partial charge in [0, 0.05) is 33.1 Å². The molecule has 3 aliphatic rings. The van der Waals surface area contributed by atoms with Crippen molar-refractivity contribution in [1.82, 2.24) is 15.1 Å². The van der Waals surface area contributed by atoms with Crippen LogP contribution in [0.25, 0.3) is 0 Å². The maximum absolute atomic E-state index is 13.2. The van der Waals surface area contributed by atoms with Crippen molar-refractivity contribution in [3.63, 3.8) is 0 Å². The molecule has 9 heteroatoms. The Bertz CT molecular complexity index is 869. The Labute approximate surface area is 156 Å². The van der Waals surface area contributed by atoms with Crippen molar-refractivity contribution >= 4 is 17.8 Å². The van der Waals surface area contributed by atoms with Gasteiger partial charge in [0.2, 0.25) is 24.4 Å². The summed E-state index contributed by atoms with van der Waals surface area (Å²) in [4.78, 5) is 41.2. The lowest BCUT2D eigenvalue weighted by Crippen LogP contribution is -2.71. The molecule has 4 amide bonds. The number of likely N-dealkylation sites (N-methyl/N-ethyl adjacent to an activating group) is 1. The first kappa shape index (κ1) is 17.4. The van der Waals surface area contributed by atoms with Gasteiger partial charge in [-0.25, -0.2) is 4.79 Å². The van der Waals surface area contributed by atoms with E-state index in [9.17, 15) is 14.4 Å². The van der Waals surface area contributed by atoms with Crippen LogP contribution in [0.5, 0.6) is 17.2 Å². The number of ether oxygens (including phenoxy) is 3. The van der Waals surface area contributed by atoms with Gasteiger partial charge in [-0.15, -0.1) is 0 Å². The molecule has 1 saturated heterocycles. The largest absolute Gasteiger partial charge is 0.492 e. The number of hydrogen-bond acceptors (Lipinski definition) is 6. The molecule has 0 bridgehead atoms. The lowest BCUT2D eigenvalue weighted by molar-refractivity contribution is -0.157. The van der Waals surface area contributed by atoms with E-state index in [4.69, 9.17) is 14.2 Å². The van der Waals surface area contributed by atoms with Gasteiger partial charge in [-0.2, -0.15) is 0 Å². The van der Waals surface area contributed by atoms with Crippen molar-refractivity contribution in [2.45, 2.75) is 18.9 Å². The first-order valence-electron chi connectivity index (χ1n) is 8.62. The summed E-state index contributed by atoms with van der Waals surface area (Å²) >= 11 is 0. The molecule has 1 aromatic carbocycles. The summed E-state index contributed by atoms with van der Waals surface area (Å²) in [5.41, 5.74) is 0.170. The first-order chi connectivity index (χ1) is 12.9. The van der Waals surface area contributed by atoms with Crippen LogP contribution in [-0.2, 0) is 22.4 Å². The highest BCUT2D eigenvalue weighted by Crippen LogP contribution is 2.51. The van der Waals surface area contributed by atoms with E-state index in [-0.39, 0.29) is 13.2 Å². The first-order valence-corrected chi connectivity index (χ1v) is 8.62. The quantitative estimate of drug-likeness (QED) is 0.739. The molecule has 1 aliphatic carbocycles. The number of urea groups is 1. The van der Waals surface area contributed by atoms with Crippen molar-refractivity contribution < 1.29 is 28.6 Å². The second kappa shape index (κ2) is 5.77. The highest BCUT2D eigenvalue weighted by Gasteiger charge is 2.62. The fourth-order valence-corrected chi connectivity index (χ4v) is 4.47. The van der Waals surface area contributed by atoms with Crippen LogP contribution in [0.15, 0.2) is 6.07 Å². The van der Waals surface area contributed by atoms with Crippen LogP contribution in [0.4, 0.5) is 4.79 Å². The summed E-state index contributed by atoms with van der Waals surface area (Å²) in [5, 5.41) is 2.61. The molecule has 0 aromatic heterocycles. The molecule has 2 atom stereocenters. The van der Waals surface area contributed by atoms with E-state index in [1.807, 2.05) is 6.07 Å². The maximum Gasteiger partial charge on any atom is 0.326 e. The van der Waals surface area contributed by atoms with Crippen LogP contribution in [0.3, 0.4) is 0 Å². The zero-order chi connectivity index (χ0) is 19.5. The fraction of sp³-hybridized carbons (Fsp3) is 0.500. The smallest absolute Gasteiger partial charge is 0.326 e. The number of imide groups is 1. The Morgan fingerprint density at radius 2 is 2.07 bits per heavy atom. The molecule has 0 unspecified atom stereocenters. The predicted molar refractivity (Wildman–Crippen MR) is 92.7 cm³/mol. The minimum absolute atomic E-state index is 0.0820. The Balaban J connectivity index is 1.94. The molecule has 0 saturated carbocycles. The van der Waals surface area contributed by atoms with Gasteiger partial charge in [0.25, 0.3) is 0 Å². The van der Waals surface area contributed by atoms with E-state index in [0.29, 0.717) is 23.7 Å². The monoisotopic (exact) mass is 375 g/mol. The van der Waals surface area contributed by atoms with Gasteiger partial charge < -0.3 is 24.4 Å². The molecule has 1 N–H and O–H groups in total. The molecule has 1 aromatic rings. The number of benzene rings is 1. The van der Waals surface area contributed by atoms with Crippen LogP contribution in [0.1, 0.15) is 11.1 Å². The molecule has 2 aliphatic heterocycles. The average molecular weight is 375 g/mol. The Morgan fingerprint density at radius 3 is 2.74 bits per heavy atom. The van der Waals surface area contributed by atoms with Crippen LogP contribution in [0, 0.1) is 5.41 Å². The van der Waals surface area contributed by atoms with Crippen LogP contribution >= 0.6 is 0 Å². The molecule has 27 heavy (non-hydrogen) atoms. The third-order valence-corrected chi connectivity index (χ3v) is 5.83. The van der Waals surface area contributed by atoms with Crippen molar-refractivity contribution in [2.75, 3.05) is 35.0 Å². The van der Waals surface area contributed by atoms with Gasteiger partial charge in [0.1, 0.15) is 0 Å². The standard InChI is InChI=1S/C18H21N3O6/c1-19-15(22)18-7-10-9(5-11-14(13(10)25-4)27-8-26-11)6-12(18)20(2)17(24)21(3)16(18)23/h5,12H,6-8H2,1-4H3,(H,19,22)/t12-,18-/m1/s1. The minimum atomic E-state index is -1.43. The van der Waals surface area contributed by atoms with E-state index in [0.717, 1.165) is 16.0 Å². The highest BCUT2D eigenvalue weighted by atomic mass is 16.7. The van der Waals surface area contributed by atoms with Crippen molar-refractivity contribution in [1.29, 1.82) is 0 Å². The van der Waals surface area contributed by atoms with E-state index < -0.39 is 29.3 Å². The van der Waals surface area contributed by atoms with E-state index >= 15 is 0 Å². The topological polar surface area (TPSA) is 97.4 Å². The number of rotatable bonds is 2. The fourth-order valence-electron chi connectivity index (χ4n) is 4.47. The summed E-state index contributed by atoms with van der Waals surface area (Å²) in [7, 11) is 6.02. The van der Waals surface area contributed by atoms with Crippen LogP contribution in [-0.4, -0.2) is 68.7 Å².